The highest BCUT2D eigenvalue weighted by Gasteiger charge is 2.35. The van der Waals surface area contributed by atoms with Crippen LogP contribution in [0.25, 0.3) is 0 Å². The number of nitrogens with one attached hydrogen (secondary N) is 1. The van der Waals surface area contributed by atoms with Crippen LogP contribution in [0, 0.1) is 0 Å². The monoisotopic (exact) mass is 323 g/mol. The highest BCUT2D eigenvalue weighted by atomic mass is 32.2. The number of Topliss-reactive ketones (excluding diaryl/α,β-unsaturated/α-hetero) is 1. The van der Waals surface area contributed by atoms with E-state index in [4.69, 9.17) is 0 Å². The van der Waals surface area contributed by atoms with Crippen molar-refractivity contribution in [1.29, 1.82) is 0 Å². The van der Waals surface area contributed by atoms with Gasteiger partial charge in [-0.3, -0.25) is 9.59 Å². The summed E-state index contributed by atoms with van der Waals surface area (Å²) >= 11 is 1.13. The summed E-state index contributed by atoms with van der Waals surface area (Å²) in [4.78, 5) is 23.9. The lowest BCUT2D eigenvalue weighted by Gasteiger charge is -2.16. The van der Waals surface area contributed by atoms with Gasteiger partial charge in [-0.05, 0) is 23.6 Å². The van der Waals surface area contributed by atoms with Crippen LogP contribution >= 0.6 is 11.3 Å². The van der Waals surface area contributed by atoms with Crippen LogP contribution in [0.2, 0.25) is 0 Å². The normalized spacial score (nSPS) is 12.6. The highest BCUT2D eigenvalue weighted by molar-refractivity contribution is 7.92. The molecule has 21 heavy (non-hydrogen) atoms. The van der Waals surface area contributed by atoms with Crippen LogP contribution in [0.5, 0.6) is 0 Å². The van der Waals surface area contributed by atoms with Gasteiger partial charge in [0.25, 0.3) is 0 Å². The van der Waals surface area contributed by atoms with Gasteiger partial charge in [-0.2, -0.15) is 0 Å². The number of sulfone groups is 1. The van der Waals surface area contributed by atoms with Gasteiger partial charge in [0, 0.05) is 6.92 Å². The minimum Gasteiger partial charge on any atom is -0.333 e. The first kappa shape index (κ1) is 15.4. The molecule has 1 amide bonds. The molecule has 2 aromatic rings. The summed E-state index contributed by atoms with van der Waals surface area (Å²) in [5.41, 5.74) is 0. The number of rotatable bonds is 5. The average molecular weight is 323 g/mol. The van der Waals surface area contributed by atoms with Gasteiger partial charge in [0.15, 0.2) is 0 Å². The molecule has 0 fully saturated rings. The standard InChI is InChI=1S/C14H13NO4S2/c1-10(16)15-14(13(17)12-8-5-9-20-12)21(18,19)11-6-3-2-4-7-11/h2-9,14H,1H3,(H,15,16)/t14-/m1/s1. The van der Waals surface area contributed by atoms with E-state index in [-0.39, 0.29) is 9.77 Å². The lowest BCUT2D eigenvalue weighted by atomic mass is 10.3. The van der Waals surface area contributed by atoms with Crippen molar-refractivity contribution in [3.63, 3.8) is 0 Å². The second-order valence-corrected chi connectivity index (χ2v) is 7.26. The van der Waals surface area contributed by atoms with E-state index in [2.05, 4.69) is 5.32 Å². The number of hydrogen-bond donors (Lipinski definition) is 1. The maximum absolute atomic E-state index is 12.6. The summed E-state index contributed by atoms with van der Waals surface area (Å²) in [5.74, 6) is -1.21. The van der Waals surface area contributed by atoms with Crippen LogP contribution in [0.3, 0.4) is 0 Å². The van der Waals surface area contributed by atoms with Crippen molar-refractivity contribution < 1.29 is 18.0 Å². The van der Waals surface area contributed by atoms with E-state index < -0.39 is 26.9 Å². The summed E-state index contributed by atoms with van der Waals surface area (Å²) < 4.78 is 25.1. The second-order valence-electron chi connectivity index (χ2n) is 4.28. The third kappa shape index (κ3) is 3.37. The Kier molecular flexibility index (Phi) is 4.54. The molecule has 1 heterocycles. The fourth-order valence-electron chi connectivity index (χ4n) is 1.76. The molecule has 5 nitrogen and oxygen atoms in total. The zero-order chi connectivity index (χ0) is 15.5. The topological polar surface area (TPSA) is 80.3 Å². The van der Waals surface area contributed by atoms with Gasteiger partial charge in [-0.1, -0.05) is 24.3 Å². The zero-order valence-electron chi connectivity index (χ0n) is 11.1. The van der Waals surface area contributed by atoms with Crippen LogP contribution in [-0.4, -0.2) is 25.5 Å². The van der Waals surface area contributed by atoms with Gasteiger partial charge in [-0.15, -0.1) is 11.3 Å². The second kappa shape index (κ2) is 6.19. The van der Waals surface area contributed by atoms with Gasteiger partial charge in [0.05, 0.1) is 9.77 Å². The van der Waals surface area contributed by atoms with Crippen molar-refractivity contribution >= 4 is 32.9 Å². The van der Waals surface area contributed by atoms with E-state index in [1.807, 2.05) is 0 Å². The van der Waals surface area contributed by atoms with Gasteiger partial charge in [0.2, 0.25) is 26.9 Å². The summed E-state index contributed by atoms with van der Waals surface area (Å²) in [6.07, 6.45) is 0. The Bertz CT molecular complexity index is 737. The van der Waals surface area contributed by atoms with Crippen LogP contribution in [0.4, 0.5) is 0 Å². The van der Waals surface area contributed by atoms with Gasteiger partial charge in [0.1, 0.15) is 0 Å². The first-order valence-electron chi connectivity index (χ1n) is 6.06. The lowest BCUT2D eigenvalue weighted by Crippen LogP contribution is -2.45. The summed E-state index contributed by atoms with van der Waals surface area (Å²) in [7, 11) is -4.00. The molecule has 2 rings (SSSR count). The zero-order valence-corrected chi connectivity index (χ0v) is 12.8. The fourth-order valence-corrected chi connectivity index (χ4v) is 4.07. The van der Waals surface area contributed by atoms with Crippen molar-refractivity contribution in [2.75, 3.05) is 0 Å². The minimum atomic E-state index is -4.00. The summed E-state index contributed by atoms with van der Waals surface area (Å²) in [5, 5.41) is 2.30. The molecule has 0 unspecified atom stereocenters. The van der Waals surface area contributed by atoms with Crippen LogP contribution in [0.15, 0.2) is 52.7 Å². The van der Waals surface area contributed by atoms with Crippen LogP contribution < -0.4 is 5.32 Å². The molecular weight excluding hydrogens is 310 g/mol. The molecule has 0 spiro atoms. The number of benzene rings is 1. The maximum atomic E-state index is 12.6. The largest absolute Gasteiger partial charge is 0.333 e. The summed E-state index contributed by atoms with van der Waals surface area (Å²) in [6, 6.07) is 10.8. The molecule has 0 aliphatic heterocycles. The van der Waals surface area contributed by atoms with Crippen molar-refractivity contribution in [2.24, 2.45) is 0 Å². The molecule has 0 saturated heterocycles. The molecule has 1 atom stereocenters. The van der Waals surface area contributed by atoms with Crippen molar-refractivity contribution in [1.82, 2.24) is 5.32 Å². The molecule has 1 aromatic heterocycles. The summed E-state index contributed by atoms with van der Waals surface area (Å²) in [6.45, 7) is 1.18. The highest BCUT2D eigenvalue weighted by Crippen LogP contribution is 2.20. The number of carbonyl (C=O) groups excluding carboxylic acids is 2. The van der Waals surface area contributed by atoms with E-state index >= 15 is 0 Å². The SMILES string of the molecule is CC(=O)N[C@@H](C(=O)c1cccs1)S(=O)(=O)c1ccccc1. The Hall–Kier alpha value is -1.99. The maximum Gasteiger partial charge on any atom is 0.218 e. The third-order valence-electron chi connectivity index (χ3n) is 2.72. The molecule has 0 aliphatic carbocycles. The van der Waals surface area contributed by atoms with Gasteiger partial charge in [-0.25, -0.2) is 8.42 Å². The van der Waals surface area contributed by atoms with Crippen LogP contribution in [0.1, 0.15) is 16.6 Å². The first-order valence-corrected chi connectivity index (χ1v) is 8.49. The lowest BCUT2D eigenvalue weighted by molar-refractivity contribution is -0.119. The molecule has 110 valence electrons. The Morgan fingerprint density at radius 3 is 2.29 bits per heavy atom. The van der Waals surface area contributed by atoms with Gasteiger partial charge < -0.3 is 5.32 Å². The molecule has 0 aliphatic rings. The van der Waals surface area contributed by atoms with Crippen LogP contribution in [-0.2, 0) is 14.6 Å². The molecular formula is C14H13NO4S2. The average Bonchev–Trinajstić information content (AvgIpc) is 2.99. The Balaban J connectivity index is 2.46. The quantitative estimate of drug-likeness (QED) is 0.852. The van der Waals surface area contributed by atoms with Crippen molar-refractivity contribution in [2.45, 2.75) is 17.2 Å². The molecule has 1 N–H and O–H groups in total. The predicted octanol–water partition coefficient (Wildman–Crippen LogP) is 1.87. The first-order chi connectivity index (χ1) is 9.93. The molecule has 0 radical (unpaired) electrons. The molecule has 0 saturated carbocycles. The fraction of sp³-hybridized carbons (Fsp3) is 0.143. The molecule has 1 aromatic carbocycles. The van der Waals surface area contributed by atoms with Crippen molar-refractivity contribution in [3.8, 4) is 0 Å². The minimum absolute atomic E-state index is 0.00587. The number of carbonyl (C=O) groups is 2. The smallest absolute Gasteiger partial charge is 0.218 e. The van der Waals surface area contributed by atoms with Gasteiger partial charge >= 0.3 is 0 Å². The van der Waals surface area contributed by atoms with E-state index in [9.17, 15) is 18.0 Å². The molecule has 0 bridgehead atoms. The third-order valence-corrected chi connectivity index (χ3v) is 5.48. The number of ketones is 1. The van der Waals surface area contributed by atoms with E-state index in [1.54, 1.807) is 29.6 Å². The Morgan fingerprint density at radius 2 is 1.76 bits per heavy atom. The Labute approximate surface area is 126 Å². The van der Waals surface area contributed by atoms with Crippen molar-refractivity contribution in [3.05, 3.63) is 52.7 Å². The Morgan fingerprint density at radius 1 is 1.10 bits per heavy atom. The van der Waals surface area contributed by atoms with E-state index in [0.29, 0.717) is 0 Å². The number of hydrogen-bond acceptors (Lipinski definition) is 5. The number of amides is 1. The predicted molar refractivity (Wildman–Crippen MR) is 79.9 cm³/mol. The van der Waals surface area contributed by atoms with E-state index in [0.717, 1.165) is 11.3 Å². The number of thiophene rings is 1. The van der Waals surface area contributed by atoms with E-state index in [1.165, 1.54) is 25.1 Å². The molecule has 7 heteroatoms.